The first-order valence-electron chi connectivity index (χ1n) is 7.61. The second kappa shape index (κ2) is 5.84. The standard InChI is InChI=1S/C15H26N4O/c1-17(2)14-11-19(9-12-7-16-18(3)8-12)10-13-5-4-6-20-15(13)14/h7-8,13-15H,4-6,9-11H2,1-3H3. The van der Waals surface area contributed by atoms with Crippen molar-refractivity contribution in [1.29, 1.82) is 0 Å². The molecular weight excluding hydrogens is 252 g/mol. The van der Waals surface area contributed by atoms with Gasteiger partial charge in [0.05, 0.1) is 12.3 Å². The highest BCUT2D eigenvalue weighted by Crippen LogP contribution is 2.31. The van der Waals surface area contributed by atoms with Crippen molar-refractivity contribution in [1.82, 2.24) is 19.6 Å². The van der Waals surface area contributed by atoms with E-state index in [1.807, 2.05) is 17.9 Å². The fourth-order valence-electron chi connectivity index (χ4n) is 3.66. The lowest BCUT2D eigenvalue weighted by atomic mass is 9.85. The van der Waals surface area contributed by atoms with E-state index in [0.29, 0.717) is 18.1 Å². The van der Waals surface area contributed by atoms with Gasteiger partial charge >= 0.3 is 0 Å². The van der Waals surface area contributed by atoms with Crippen LogP contribution in [0.1, 0.15) is 18.4 Å². The van der Waals surface area contributed by atoms with Crippen LogP contribution >= 0.6 is 0 Å². The maximum atomic E-state index is 6.07. The predicted octanol–water partition coefficient (Wildman–Crippen LogP) is 0.961. The Morgan fingerprint density at radius 1 is 1.40 bits per heavy atom. The van der Waals surface area contributed by atoms with Crippen LogP contribution in [-0.2, 0) is 18.3 Å². The lowest BCUT2D eigenvalue weighted by molar-refractivity contribution is -0.107. The molecule has 3 atom stereocenters. The molecule has 2 saturated heterocycles. The normalized spacial score (nSPS) is 31.5. The van der Waals surface area contributed by atoms with Crippen molar-refractivity contribution in [3.63, 3.8) is 0 Å². The number of rotatable bonds is 3. The Balaban J connectivity index is 1.70. The minimum Gasteiger partial charge on any atom is -0.376 e. The van der Waals surface area contributed by atoms with Crippen LogP contribution < -0.4 is 0 Å². The van der Waals surface area contributed by atoms with Gasteiger partial charge in [0.1, 0.15) is 0 Å². The Hall–Kier alpha value is -0.910. The molecule has 2 aliphatic rings. The average Bonchev–Trinajstić information content (AvgIpc) is 2.83. The maximum Gasteiger partial charge on any atom is 0.0782 e. The molecule has 1 aromatic rings. The van der Waals surface area contributed by atoms with Crippen LogP contribution in [0.5, 0.6) is 0 Å². The van der Waals surface area contributed by atoms with Gasteiger partial charge in [0.2, 0.25) is 0 Å². The zero-order chi connectivity index (χ0) is 14.1. The fourth-order valence-corrected chi connectivity index (χ4v) is 3.66. The van der Waals surface area contributed by atoms with E-state index < -0.39 is 0 Å². The van der Waals surface area contributed by atoms with E-state index in [-0.39, 0.29) is 0 Å². The summed E-state index contributed by atoms with van der Waals surface area (Å²) in [7, 11) is 6.33. The third kappa shape index (κ3) is 2.90. The number of aryl methyl sites for hydroxylation is 1. The van der Waals surface area contributed by atoms with Gasteiger partial charge in [-0.05, 0) is 32.9 Å². The van der Waals surface area contributed by atoms with Crippen molar-refractivity contribution >= 4 is 0 Å². The second-order valence-electron chi connectivity index (χ2n) is 6.49. The molecule has 0 aromatic carbocycles. The molecule has 112 valence electrons. The van der Waals surface area contributed by atoms with E-state index >= 15 is 0 Å². The smallest absolute Gasteiger partial charge is 0.0782 e. The highest BCUT2D eigenvalue weighted by molar-refractivity contribution is 5.05. The van der Waals surface area contributed by atoms with Crippen LogP contribution in [0.4, 0.5) is 0 Å². The zero-order valence-electron chi connectivity index (χ0n) is 12.8. The van der Waals surface area contributed by atoms with E-state index in [2.05, 4.69) is 35.2 Å². The molecule has 2 fully saturated rings. The van der Waals surface area contributed by atoms with Crippen LogP contribution in [0.15, 0.2) is 12.4 Å². The number of aromatic nitrogens is 2. The molecule has 3 unspecified atom stereocenters. The van der Waals surface area contributed by atoms with Crippen molar-refractivity contribution in [2.45, 2.75) is 31.5 Å². The molecule has 2 aliphatic heterocycles. The Morgan fingerprint density at radius 3 is 2.95 bits per heavy atom. The molecule has 1 aromatic heterocycles. The number of fused-ring (bicyclic) bond motifs is 1. The van der Waals surface area contributed by atoms with Crippen molar-refractivity contribution in [3.8, 4) is 0 Å². The fraction of sp³-hybridized carbons (Fsp3) is 0.800. The second-order valence-corrected chi connectivity index (χ2v) is 6.49. The SMILES string of the molecule is CN(C)C1CN(Cc2cnn(C)c2)CC2CCCOC21. The third-order valence-electron chi connectivity index (χ3n) is 4.64. The Labute approximate surface area is 121 Å². The van der Waals surface area contributed by atoms with Gasteiger partial charge < -0.3 is 9.64 Å². The average molecular weight is 278 g/mol. The van der Waals surface area contributed by atoms with Gasteiger partial charge in [-0.2, -0.15) is 5.10 Å². The minimum absolute atomic E-state index is 0.420. The predicted molar refractivity (Wildman–Crippen MR) is 78.4 cm³/mol. The molecule has 0 bridgehead atoms. The summed E-state index contributed by atoms with van der Waals surface area (Å²) in [4.78, 5) is 4.90. The van der Waals surface area contributed by atoms with Gasteiger partial charge in [-0.1, -0.05) is 0 Å². The molecule has 5 heteroatoms. The maximum absolute atomic E-state index is 6.07. The van der Waals surface area contributed by atoms with Gasteiger partial charge in [0.15, 0.2) is 0 Å². The summed E-state index contributed by atoms with van der Waals surface area (Å²) in [6.45, 7) is 4.18. The van der Waals surface area contributed by atoms with E-state index in [9.17, 15) is 0 Å². The number of hydrogen-bond acceptors (Lipinski definition) is 4. The lowest BCUT2D eigenvalue weighted by Gasteiger charge is -2.48. The molecule has 0 saturated carbocycles. The highest BCUT2D eigenvalue weighted by Gasteiger charge is 2.40. The van der Waals surface area contributed by atoms with Gasteiger partial charge in [-0.3, -0.25) is 9.58 Å². The van der Waals surface area contributed by atoms with Gasteiger partial charge in [0, 0.05) is 51.1 Å². The van der Waals surface area contributed by atoms with Crippen molar-refractivity contribution in [2.75, 3.05) is 33.8 Å². The van der Waals surface area contributed by atoms with Crippen LogP contribution in [0.3, 0.4) is 0 Å². The molecule has 3 rings (SSSR count). The largest absolute Gasteiger partial charge is 0.376 e. The summed E-state index contributed by atoms with van der Waals surface area (Å²) in [6, 6.07) is 0.505. The summed E-state index contributed by atoms with van der Waals surface area (Å²) in [6.07, 6.45) is 7.03. The Bertz CT molecular complexity index is 445. The molecular formula is C15H26N4O. The summed E-state index contributed by atoms with van der Waals surface area (Å²) < 4.78 is 7.96. The van der Waals surface area contributed by atoms with Gasteiger partial charge in [-0.25, -0.2) is 0 Å². The minimum atomic E-state index is 0.420. The number of nitrogens with zero attached hydrogens (tertiary/aromatic N) is 4. The van der Waals surface area contributed by atoms with Gasteiger partial charge in [-0.15, -0.1) is 0 Å². The molecule has 0 aliphatic carbocycles. The molecule has 5 nitrogen and oxygen atoms in total. The van der Waals surface area contributed by atoms with Crippen LogP contribution in [-0.4, -0.2) is 65.5 Å². The topological polar surface area (TPSA) is 33.5 Å². The number of piperidine rings is 1. The molecule has 0 radical (unpaired) electrons. The number of ether oxygens (including phenoxy) is 1. The summed E-state index contributed by atoms with van der Waals surface area (Å²) in [5, 5.41) is 4.27. The molecule has 3 heterocycles. The summed E-state index contributed by atoms with van der Waals surface area (Å²) in [5.74, 6) is 0.682. The Morgan fingerprint density at radius 2 is 2.25 bits per heavy atom. The lowest BCUT2D eigenvalue weighted by Crippen LogP contribution is -2.59. The number of likely N-dealkylation sites (N-methyl/N-ethyl adjacent to an activating group) is 1. The number of hydrogen-bond donors (Lipinski definition) is 0. The summed E-state index contributed by atoms with van der Waals surface area (Å²) >= 11 is 0. The summed E-state index contributed by atoms with van der Waals surface area (Å²) in [5.41, 5.74) is 1.31. The van der Waals surface area contributed by atoms with E-state index in [4.69, 9.17) is 4.74 Å². The Kier molecular flexibility index (Phi) is 4.10. The molecule has 20 heavy (non-hydrogen) atoms. The van der Waals surface area contributed by atoms with Crippen LogP contribution in [0, 0.1) is 5.92 Å². The van der Waals surface area contributed by atoms with E-state index in [0.717, 1.165) is 26.2 Å². The van der Waals surface area contributed by atoms with E-state index in [1.165, 1.54) is 18.4 Å². The third-order valence-corrected chi connectivity index (χ3v) is 4.64. The van der Waals surface area contributed by atoms with Gasteiger partial charge in [0.25, 0.3) is 0 Å². The molecule has 0 spiro atoms. The van der Waals surface area contributed by atoms with Crippen molar-refractivity contribution in [3.05, 3.63) is 18.0 Å². The van der Waals surface area contributed by atoms with Crippen LogP contribution in [0.25, 0.3) is 0 Å². The first-order chi connectivity index (χ1) is 9.63. The first-order valence-corrected chi connectivity index (χ1v) is 7.61. The monoisotopic (exact) mass is 278 g/mol. The highest BCUT2D eigenvalue weighted by atomic mass is 16.5. The van der Waals surface area contributed by atoms with E-state index in [1.54, 1.807) is 0 Å². The van der Waals surface area contributed by atoms with Crippen molar-refractivity contribution in [2.24, 2.45) is 13.0 Å². The molecule has 0 N–H and O–H groups in total. The zero-order valence-corrected chi connectivity index (χ0v) is 12.8. The van der Waals surface area contributed by atoms with Crippen LogP contribution in [0.2, 0.25) is 0 Å². The quantitative estimate of drug-likeness (QED) is 0.825. The molecule has 0 amide bonds. The van der Waals surface area contributed by atoms with Crippen molar-refractivity contribution < 1.29 is 4.74 Å². The first kappa shape index (κ1) is 14.0. The number of likely N-dealkylation sites (tertiary alicyclic amines) is 1.